The number of nitrogens with one attached hydrogen (secondary N) is 1. The van der Waals surface area contributed by atoms with Crippen LogP contribution in [0.2, 0.25) is 0 Å². The Morgan fingerprint density at radius 1 is 1.19 bits per heavy atom. The number of amides is 2. The third kappa shape index (κ3) is 5.20. The maximum Gasteiger partial charge on any atom is 0.274 e. The molecular weight excluding hydrogens is 346 g/mol. The molecule has 0 saturated heterocycles. The van der Waals surface area contributed by atoms with Crippen LogP contribution in [-0.4, -0.2) is 41.0 Å². The SMILES string of the molecule is CCN(CC)C(=O)c1cc(NC(=O)COc2cccc(C)c2)c(=O)n(C)c1. The van der Waals surface area contributed by atoms with E-state index in [0.717, 1.165) is 5.56 Å². The summed E-state index contributed by atoms with van der Waals surface area (Å²) >= 11 is 0. The maximum atomic E-state index is 12.5. The Morgan fingerprint density at radius 2 is 1.89 bits per heavy atom. The summed E-state index contributed by atoms with van der Waals surface area (Å²) in [7, 11) is 1.54. The molecule has 27 heavy (non-hydrogen) atoms. The summed E-state index contributed by atoms with van der Waals surface area (Å²) in [5, 5.41) is 2.54. The lowest BCUT2D eigenvalue weighted by atomic mass is 10.2. The first-order chi connectivity index (χ1) is 12.8. The minimum Gasteiger partial charge on any atom is -0.484 e. The molecule has 1 heterocycles. The molecule has 2 rings (SSSR count). The predicted octanol–water partition coefficient (Wildman–Crippen LogP) is 2.19. The molecule has 0 fully saturated rings. The van der Waals surface area contributed by atoms with Gasteiger partial charge in [-0.05, 0) is 44.5 Å². The molecule has 1 N–H and O–H groups in total. The van der Waals surface area contributed by atoms with Crippen LogP contribution >= 0.6 is 0 Å². The van der Waals surface area contributed by atoms with Gasteiger partial charge in [0.1, 0.15) is 11.4 Å². The van der Waals surface area contributed by atoms with E-state index in [1.165, 1.54) is 16.8 Å². The molecule has 0 spiro atoms. The minimum atomic E-state index is -0.471. The van der Waals surface area contributed by atoms with E-state index in [1.807, 2.05) is 39.0 Å². The number of hydrogen-bond donors (Lipinski definition) is 1. The van der Waals surface area contributed by atoms with Crippen molar-refractivity contribution in [3.63, 3.8) is 0 Å². The highest BCUT2D eigenvalue weighted by molar-refractivity contribution is 5.97. The molecule has 7 nitrogen and oxygen atoms in total. The summed E-state index contributed by atoms with van der Waals surface area (Å²) in [6.07, 6.45) is 1.47. The number of aryl methyl sites for hydroxylation is 2. The van der Waals surface area contributed by atoms with Crippen LogP contribution in [0.3, 0.4) is 0 Å². The third-order valence-electron chi connectivity index (χ3n) is 4.11. The van der Waals surface area contributed by atoms with E-state index in [1.54, 1.807) is 18.0 Å². The summed E-state index contributed by atoms with van der Waals surface area (Å²) in [6, 6.07) is 8.74. The van der Waals surface area contributed by atoms with E-state index in [4.69, 9.17) is 4.74 Å². The number of benzene rings is 1. The fourth-order valence-corrected chi connectivity index (χ4v) is 2.65. The van der Waals surface area contributed by atoms with E-state index in [2.05, 4.69) is 5.32 Å². The molecule has 2 aromatic rings. The second-order valence-corrected chi connectivity index (χ2v) is 6.19. The highest BCUT2D eigenvalue weighted by Crippen LogP contribution is 2.13. The summed E-state index contributed by atoms with van der Waals surface area (Å²) in [6.45, 7) is 6.58. The molecule has 0 unspecified atom stereocenters. The van der Waals surface area contributed by atoms with E-state index in [-0.39, 0.29) is 18.2 Å². The Labute approximate surface area is 158 Å². The van der Waals surface area contributed by atoms with Gasteiger partial charge in [-0.25, -0.2) is 0 Å². The fourth-order valence-electron chi connectivity index (χ4n) is 2.65. The van der Waals surface area contributed by atoms with Crippen LogP contribution in [0.1, 0.15) is 29.8 Å². The number of aromatic nitrogens is 1. The summed E-state index contributed by atoms with van der Waals surface area (Å²) in [5.74, 6) is -0.0910. The lowest BCUT2D eigenvalue weighted by Gasteiger charge is -2.19. The van der Waals surface area contributed by atoms with Gasteiger partial charge >= 0.3 is 0 Å². The predicted molar refractivity (Wildman–Crippen MR) is 104 cm³/mol. The average Bonchev–Trinajstić information content (AvgIpc) is 2.64. The lowest BCUT2D eigenvalue weighted by molar-refractivity contribution is -0.118. The Balaban J connectivity index is 2.14. The van der Waals surface area contributed by atoms with Gasteiger partial charge in [0.15, 0.2) is 6.61 Å². The van der Waals surface area contributed by atoms with Gasteiger partial charge in [-0.2, -0.15) is 0 Å². The van der Waals surface area contributed by atoms with Crippen LogP contribution < -0.4 is 15.6 Å². The van der Waals surface area contributed by atoms with E-state index >= 15 is 0 Å². The van der Waals surface area contributed by atoms with Crippen LogP contribution in [0, 0.1) is 6.92 Å². The number of ether oxygens (including phenoxy) is 1. The molecule has 0 aliphatic heterocycles. The number of hydrogen-bond acceptors (Lipinski definition) is 4. The quantitative estimate of drug-likeness (QED) is 0.809. The summed E-state index contributed by atoms with van der Waals surface area (Å²) in [4.78, 5) is 38.6. The van der Waals surface area contributed by atoms with Crippen molar-refractivity contribution >= 4 is 17.5 Å². The normalized spacial score (nSPS) is 10.4. The first-order valence-electron chi connectivity index (χ1n) is 8.85. The molecule has 0 aliphatic carbocycles. The molecule has 1 aromatic carbocycles. The van der Waals surface area contributed by atoms with Gasteiger partial charge in [0.25, 0.3) is 17.4 Å². The maximum absolute atomic E-state index is 12.5. The van der Waals surface area contributed by atoms with Crippen LogP contribution in [0.25, 0.3) is 0 Å². The van der Waals surface area contributed by atoms with Gasteiger partial charge in [-0.1, -0.05) is 12.1 Å². The number of nitrogens with zero attached hydrogens (tertiary/aromatic N) is 2. The van der Waals surface area contributed by atoms with Crippen molar-refractivity contribution in [1.82, 2.24) is 9.47 Å². The molecule has 0 saturated carbocycles. The molecule has 2 amide bonds. The van der Waals surface area contributed by atoms with Crippen molar-refractivity contribution in [2.24, 2.45) is 7.05 Å². The zero-order chi connectivity index (χ0) is 20.0. The first kappa shape index (κ1) is 20.2. The van der Waals surface area contributed by atoms with Gasteiger partial charge in [0, 0.05) is 26.3 Å². The minimum absolute atomic E-state index is 0.0494. The molecular formula is C20H25N3O4. The smallest absolute Gasteiger partial charge is 0.274 e. The Kier molecular flexibility index (Phi) is 6.76. The van der Waals surface area contributed by atoms with Crippen LogP contribution in [0.15, 0.2) is 41.3 Å². The second-order valence-electron chi connectivity index (χ2n) is 6.19. The van der Waals surface area contributed by atoms with Crippen LogP contribution in [-0.2, 0) is 11.8 Å². The third-order valence-corrected chi connectivity index (χ3v) is 4.11. The molecule has 0 bridgehead atoms. The number of anilines is 1. The monoisotopic (exact) mass is 371 g/mol. The van der Waals surface area contributed by atoms with Crippen molar-refractivity contribution in [3.05, 3.63) is 58.0 Å². The van der Waals surface area contributed by atoms with Gasteiger partial charge in [0.05, 0.1) is 5.56 Å². The zero-order valence-electron chi connectivity index (χ0n) is 16.1. The van der Waals surface area contributed by atoms with Crippen LogP contribution in [0.5, 0.6) is 5.75 Å². The highest BCUT2D eigenvalue weighted by Gasteiger charge is 2.17. The van der Waals surface area contributed by atoms with Crippen molar-refractivity contribution in [2.75, 3.05) is 25.0 Å². The van der Waals surface area contributed by atoms with Gasteiger partial charge in [-0.3, -0.25) is 14.4 Å². The van der Waals surface area contributed by atoms with Gasteiger partial charge < -0.3 is 19.5 Å². The molecule has 144 valence electrons. The largest absolute Gasteiger partial charge is 0.484 e. The Hall–Kier alpha value is -3.09. The molecule has 0 atom stereocenters. The number of carbonyl (C=O) groups is 2. The molecule has 7 heteroatoms. The van der Waals surface area contributed by atoms with Crippen molar-refractivity contribution in [1.29, 1.82) is 0 Å². The number of pyridine rings is 1. The highest BCUT2D eigenvalue weighted by atomic mass is 16.5. The second kappa shape index (κ2) is 9.02. The van der Waals surface area contributed by atoms with Crippen molar-refractivity contribution in [3.8, 4) is 5.75 Å². The van der Waals surface area contributed by atoms with E-state index < -0.39 is 11.5 Å². The Bertz CT molecular complexity index is 885. The molecule has 0 aliphatic rings. The average molecular weight is 371 g/mol. The van der Waals surface area contributed by atoms with Crippen molar-refractivity contribution in [2.45, 2.75) is 20.8 Å². The molecule has 0 radical (unpaired) electrons. The van der Waals surface area contributed by atoms with Crippen LogP contribution in [0.4, 0.5) is 5.69 Å². The first-order valence-corrected chi connectivity index (χ1v) is 8.85. The lowest BCUT2D eigenvalue weighted by Crippen LogP contribution is -2.33. The summed E-state index contributed by atoms with van der Waals surface area (Å²) < 4.78 is 6.73. The Morgan fingerprint density at radius 3 is 2.52 bits per heavy atom. The number of rotatable bonds is 7. The fraction of sp³-hybridized carbons (Fsp3) is 0.350. The summed E-state index contributed by atoms with van der Waals surface area (Å²) in [5.41, 5.74) is 1.02. The zero-order valence-corrected chi connectivity index (χ0v) is 16.1. The van der Waals surface area contributed by atoms with E-state index in [0.29, 0.717) is 24.4 Å². The number of carbonyl (C=O) groups excluding carboxylic acids is 2. The van der Waals surface area contributed by atoms with Gasteiger partial charge in [-0.15, -0.1) is 0 Å². The van der Waals surface area contributed by atoms with Crippen molar-refractivity contribution < 1.29 is 14.3 Å². The van der Waals surface area contributed by atoms with Gasteiger partial charge in [0.2, 0.25) is 0 Å². The molecule has 1 aromatic heterocycles. The standard InChI is InChI=1S/C20H25N3O4/c1-5-23(6-2)19(25)15-11-17(20(26)22(4)12-15)21-18(24)13-27-16-9-7-8-14(3)10-16/h7-12H,5-6,13H2,1-4H3,(H,21,24). The topological polar surface area (TPSA) is 80.6 Å². The van der Waals surface area contributed by atoms with E-state index in [9.17, 15) is 14.4 Å².